The maximum atomic E-state index is 3.93. The second-order valence-electron chi connectivity index (χ2n) is 4.92. The van der Waals surface area contributed by atoms with Crippen LogP contribution in [0.3, 0.4) is 0 Å². The first kappa shape index (κ1) is 13.4. The van der Waals surface area contributed by atoms with E-state index in [2.05, 4.69) is 84.6 Å². The number of hydrogen-bond acceptors (Lipinski definition) is 1. The zero-order chi connectivity index (χ0) is 14.5. The summed E-state index contributed by atoms with van der Waals surface area (Å²) in [7, 11) is 0. The van der Waals surface area contributed by atoms with Crippen LogP contribution < -0.4 is 4.90 Å². The van der Waals surface area contributed by atoms with Gasteiger partial charge in [0.1, 0.15) is 0 Å². The second kappa shape index (κ2) is 6.27. The van der Waals surface area contributed by atoms with Crippen LogP contribution in [0, 0.1) is 6.92 Å². The molecule has 0 aliphatic heterocycles. The molecule has 0 amide bonds. The van der Waals surface area contributed by atoms with E-state index in [1.54, 1.807) is 0 Å². The van der Waals surface area contributed by atoms with Crippen LogP contribution in [0.15, 0.2) is 84.9 Å². The van der Waals surface area contributed by atoms with Gasteiger partial charge in [0.25, 0.3) is 0 Å². The summed E-state index contributed by atoms with van der Waals surface area (Å²) < 4.78 is 0. The fourth-order valence-electron chi connectivity index (χ4n) is 2.41. The van der Waals surface area contributed by atoms with Crippen LogP contribution in [0.25, 0.3) is 0 Å². The third-order valence-corrected chi connectivity index (χ3v) is 3.51. The van der Waals surface area contributed by atoms with E-state index in [-0.39, 0.29) is 0 Å². The minimum atomic E-state index is 0.816. The highest BCUT2D eigenvalue weighted by Gasteiger charge is 2.10. The first-order valence-electron chi connectivity index (χ1n) is 7.17. The van der Waals surface area contributed by atoms with Crippen molar-refractivity contribution in [2.45, 2.75) is 6.42 Å². The number of hydrogen-bond donors (Lipinski definition) is 0. The predicted octanol–water partition coefficient (Wildman–Crippen LogP) is 5.53. The van der Waals surface area contributed by atoms with Crippen LogP contribution >= 0.6 is 0 Å². The Labute approximate surface area is 126 Å². The minimum Gasteiger partial charge on any atom is -0.311 e. The van der Waals surface area contributed by atoms with Crippen LogP contribution in [0.2, 0.25) is 0 Å². The van der Waals surface area contributed by atoms with E-state index in [1.165, 1.54) is 5.56 Å². The highest BCUT2D eigenvalue weighted by molar-refractivity contribution is 5.76. The Morgan fingerprint density at radius 2 is 1.00 bits per heavy atom. The normalized spacial score (nSPS) is 10.3. The van der Waals surface area contributed by atoms with Gasteiger partial charge >= 0.3 is 0 Å². The van der Waals surface area contributed by atoms with E-state index >= 15 is 0 Å². The van der Waals surface area contributed by atoms with Gasteiger partial charge in [-0.1, -0.05) is 48.5 Å². The van der Waals surface area contributed by atoms with Gasteiger partial charge in [-0.25, -0.2) is 0 Å². The Morgan fingerprint density at radius 1 is 0.571 bits per heavy atom. The van der Waals surface area contributed by atoms with Crippen LogP contribution in [-0.2, 0) is 6.42 Å². The van der Waals surface area contributed by atoms with Gasteiger partial charge < -0.3 is 4.90 Å². The quantitative estimate of drug-likeness (QED) is 0.603. The molecular weight excluding hydrogens is 254 g/mol. The zero-order valence-corrected chi connectivity index (χ0v) is 11.9. The monoisotopic (exact) mass is 272 g/mol. The van der Waals surface area contributed by atoms with Crippen LogP contribution in [0.1, 0.15) is 5.56 Å². The first-order valence-corrected chi connectivity index (χ1v) is 7.17. The number of rotatable bonds is 4. The third-order valence-electron chi connectivity index (χ3n) is 3.51. The van der Waals surface area contributed by atoms with E-state index < -0.39 is 0 Å². The Kier molecular flexibility index (Phi) is 4.02. The van der Waals surface area contributed by atoms with Crippen molar-refractivity contribution in [3.05, 3.63) is 97.4 Å². The van der Waals surface area contributed by atoms with Gasteiger partial charge in [0, 0.05) is 17.1 Å². The van der Waals surface area contributed by atoms with Gasteiger partial charge in [-0.3, -0.25) is 0 Å². The SMILES string of the molecule is [CH2]Cc1ccc(N(c2ccccc2)c2ccccc2)cc1. The smallest absolute Gasteiger partial charge is 0.0461 e. The lowest BCUT2D eigenvalue weighted by Gasteiger charge is -2.25. The third kappa shape index (κ3) is 2.97. The molecule has 0 bridgehead atoms. The summed E-state index contributed by atoms with van der Waals surface area (Å²) >= 11 is 0. The highest BCUT2D eigenvalue weighted by Crippen LogP contribution is 2.33. The number of anilines is 3. The van der Waals surface area contributed by atoms with Crippen molar-refractivity contribution in [1.29, 1.82) is 0 Å². The standard InChI is InChI=1S/C20H18N/c1-2-17-13-15-20(16-14-17)21(18-9-5-3-6-10-18)19-11-7-4-8-12-19/h3-16H,1-2H2. The Bertz CT molecular complexity index is 633. The van der Waals surface area contributed by atoms with Crippen molar-refractivity contribution < 1.29 is 0 Å². The average molecular weight is 272 g/mol. The van der Waals surface area contributed by atoms with Crippen LogP contribution in [0.5, 0.6) is 0 Å². The lowest BCUT2D eigenvalue weighted by Crippen LogP contribution is -2.09. The predicted molar refractivity (Wildman–Crippen MR) is 90.2 cm³/mol. The van der Waals surface area contributed by atoms with Gasteiger partial charge in [-0.2, -0.15) is 0 Å². The molecule has 0 atom stereocenters. The number of nitrogens with zero attached hydrogens (tertiary/aromatic N) is 1. The van der Waals surface area contributed by atoms with Crippen LogP contribution in [0.4, 0.5) is 17.1 Å². The maximum Gasteiger partial charge on any atom is 0.0461 e. The molecule has 103 valence electrons. The summed E-state index contributed by atoms with van der Waals surface area (Å²) in [5, 5.41) is 0. The van der Waals surface area contributed by atoms with E-state index in [0.717, 1.165) is 23.5 Å². The molecule has 0 saturated carbocycles. The van der Waals surface area contributed by atoms with Crippen molar-refractivity contribution in [2.24, 2.45) is 0 Å². The van der Waals surface area contributed by atoms with Crippen molar-refractivity contribution in [1.82, 2.24) is 0 Å². The van der Waals surface area contributed by atoms with Gasteiger partial charge in [0.2, 0.25) is 0 Å². The topological polar surface area (TPSA) is 3.24 Å². The summed E-state index contributed by atoms with van der Waals surface area (Å²) in [5.41, 5.74) is 4.72. The molecule has 0 unspecified atom stereocenters. The van der Waals surface area contributed by atoms with Gasteiger partial charge in [-0.15, -0.1) is 0 Å². The second-order valence-corrected chi connectivity index (χ2v) is 4.92. The fraction of sp³-hybridized carbons (Fsp3) is 0.0500. The summed E-state index contributed by atoms with van der Waals surface area (Å²) in [6.07, 6.45) is 0.816. The van der Waals surface area contributed by atoms with Crippen molar-refractivity contribution in [3.8, 4) is 0 Å². The van der Waals surface area contributed by atoms with Gasteiger partial charge in [0.05, 0.1) is 0 Å². The molecule has 0 spiro atoms. The Hall–Kier alpha value is -2.54. The van der Waals surface area contributed by atoms with Crippen molar-refractivity contribution >= 4 is 17.1 Å². The molecule has 0 N–H and O–H groups in total. The molecule has 1 radical (unpaired) electrons. The van der Waals surface area contributed by atoms with Crippen LogP contribution in [-0.4, -0.2) is 0 Å². The van der Waals surface area contributed by atoms with E-state index in [1.807, 2.05) is 12.1 Å². The lowest BCUT2D eigenvalue weighted by atomic mass is 10.1. The Morgan fingerprint density at radius 3 is 1.43 bits per heavy atom. The summed E-state index contributed by atoms with van der Waals surface area (Å²) in [6, 6.07) is 29.4. The summed E-state index contributed by atoms with van der Waals surface area (Å²) in [6.45, 7) is 3.93. The molecule has 3 rings (SSSR count). The molecular formula is C20H18N. The molecule has 0 aromatic heterocycles. The highest BCUT2D eigenvalue weighted by atomic mass is 15.1. The zero-order valence-electron chi connectivity index (χ0n) is 11.9. The molecule has 1 nitrogen and oxygen atoms in total. The molecule has 0 aliphatic carbocycles. The average Bonchev–Trinajstić information content (AvgIpc) is 2.58. The van der Waals surface area contributed by atoms with E-state index in [4.69, 9.17) is 0 Å². The molecule has 0 fully saturated rings. The number of para-hydroxylation sites is 2. The van der Waals surface area contributed by atoms with E-state index in [9.17, 15) is 0 Å². The van der Waals surface area contributed by atoms with Gasteiger partial charge in [-0.05, 0) is 55.3 Å². The molecule has 1 heteroatoms. The first-order chi connectivity index (χ1) is 10.4. The van der Waals surface area contributed by atoms with Crippen molar-refractivity contribution in [2.75, 3.05) is 4.90 Å². The molecule has 0 saturated heterocycles. The molecule has 3 aromatic carbocycles. The summed E-state index contributed by atoms with van der Waals surface area (Å²) in [4.78, 5) is 2.26. The molecule has 0 aliphatic rings. The molecule has 0 heterocycles. The lowest BCUT2D eigenvalue weighted by molar-refractivity contribution is 1.24. The molecule has 21 heavy (non-hydrogen) atoms. The Balaban J connectivity index is 2.07. The number of benzene rings is 3. The summed E-state index contributed by atoms with van der Waals surface area (Å²) in [5.74, 6) is 0. The largest absolute Gasteiger partial charge is 0.311 e. The van der Waals surface area contributed by atoms with Crippen molar-refractivity contribution in [3.63, 3.8) is 0 Å². The minimum absolute atomic E-state index is 0.816. The fourth-order valence-corrected chi connectivity index (χ4v) is 2.41. The van der Waals surface area contributed by atoms with Gasteiger partial charge in [0.15, 0.2) is 0 Å². The van der Waals surface area contributed by atoms with E-state index in [0.29, 0.717) is 0 Å². The maximum absolute atomic E-state index is 3.93. The molecule has 3 aromatic rings.